The number of ether oxygens (including phenoxy) is 1. The molecule has 1 saturated heterocycles. The summed E-state index contributed by atoms with van der Waals surface area (Å²) in [6.45, 7) is 2.28. The molecule has 0 unspecified atom stereocenters. The number of benzene rings is 2. The standard InChI is InChI=1S/C22H21N3O5S/c26-21(27)8-6-16(22-23-17-3-1-2-4-20(17)31-22)13-15-5-7-18(19(14-15)25(28)29)24-9-11-30-12-10-24/h1-5,7,13-14H,6,8-12H2,(H,26,27)/b16-13+. The van der Waals surface area contributed by atoms with Gasteiger partial charge in [-0.15, -0.1) is 11.3 Å². The Morgan fingerprint density at radius 3 is 2.71 bits per heavy atom. The molecule has 160 valence electrons. The summed E-state index contributed by atoms with van der Waals surface area (Å²) in [6, 6.07) is 12.8. The lowest BCUT2D eigenvalue weighted by atomic mass is 10.0. The highest BCUT2D eigenvalue weighted by Crippen LogP contribution is 2.34. The zero-order valence-electron chi connectivity index (χ0n) is 16.7. The monoisotopic (exact) mass is 439 g/mol. The Bertz CT molecular complexity index is 1120. The van der Waals surface area contributed by atoms with Crippen LogP contribution in [0.2, 0.25) is 0 Å². The van der Waals surface area contributed by atoms with Crippen LogP contribution in [0.15, 0.2) is 42.5 Å². The molecule has 1 aliphatic rings. The summed E-state index contributed by atoms with van der Waals surface area (Å²) in [5.41, 5.74) is 2.83. The second kappa shape index (κ2) is 9.23. The van der Waals surface area contributed by atoms with Crippen molar-refractivity contribution in [2.45, 2.75) is 12.8 Å². The summed E-state index contributed by atoms with van der Waals surface area (Å²) in [7, 11) is 0. The smallest absolute Gasteiger partial charge is 0.303 e. The number of para-hydroxylation sites is 1. The maximum Gasteiger partial charge on any atom is 0.303 e. The van der Waals surface area contributed by atoms with Gasteiger partial charge in [0.05, 0.1) is 28.4 Å². The number of aromatic nitrogens is 1. The number of nitrogens with zero attached hydrogens (tertiary/aromatic N) is 3. The van der Waals surface area contributed by atoms with Gasteiger partial charge in [-0.2, -0.15) is 0 Å². The molecule has 0 amide bonds. The minimum Gasteiger partial charge on any atom is -0.481 e. The Labute approximate surface area is 182 Å². The lowest BCUT2D eigenvalue weighted by molar-refractivity contribution is -0.384. The first-order valence-corrected chi connectivity index (χ1v) is 10.7. The molecule has 0 radical (unpaired) electrons. The van der Waals surface area contributed by atoms with Gasteiger partial charge in [-0.1, -0.05) is 18.2 Å². The van der Waals surface area contributed by atoms with E-state index in [1.54, 1.807) is 18.2 Å². The van der Waals surface area contributed by atoms with Crippen LogP contribution in [0.5, 0.6) is 0 Å². The average Bonchev–Trinajstić information content (AvgIpc) is 3.21. The molecule has 0 saturated carbocycles. The largest absolute Gasteiger partial charge is 0.481 e. The maximum absolute atomic E-state index is 11.7. The Balaban J connectivity index is 1.72. The van der Waals surface area contributed by atoms with Gasteiger partial charge in [0.2, 0.25) is 0 Å². The van der Waals surface area contributed by atoms with Gasteiger partial charge >= 0.3 is 5.97 Å². The van der Waals surface area contributed by atoms with Crippen molar-refractivity contribution < 1.29 is 19.6 Å². The number of hydrogen-bond donors (Lipinski definition) is 1. The van der Waals surface area contributed by atoms with E-state index in [-0.39, 0.29) is 23.5 Å². The van der Waals surface area contributed by atoms with E-state index >= 15 is 0 Å². The lowest BCUT2D eigenvalue weighted by Gasteiger charge is -2.28. The SMILES string of the molecule is O=C(O)CC/C(=C\c1ccc(N2CCOCC2)c([N+](=O)[O-])c1)c1nc2ccccc2s1. The molecule has 1 N–H and O–H groups in total. The number of hydrogen-bond acceptors (Lipinski definition) is 7. The summed E-state index contributed by atoms with van der Waals surface area (Å²) >= 11 is 1.48. The lowest BCUT2D eigenvalue weighted by Crippen LogP contribution is -2.36. The van der Waals surface area contributed by atoms with E-state index < -0.39 is 5.97 Å². The fourth-order valence-corrected chi connectivity index (χ4v) is 4.55. The molecule has 2 aromatic carbocycles. The highest BCUT2D eigenvalue weighted by atomic mass is 32.1. The van der Waals surface area contributed by atoms with Crippen LogP contribution in [0.4, 0.5) is 11.4 Å². The minimum absolute atomic E-state index is 0.0255. The third kappa shape index (κ3) is 4.89. The van der Waals surface area contributed by atoms with Crippen LogP contribution < -0.4 is 4.90 Å². The summed E-state index contributed by atoms with van der Waals surface area (Å²) in [5, 5.41) is 21.6. The molecule has 9 heteroatoms. The number of rotatable bonds is 7. The van der Waals surface area contributed by atoms with Gasteiger partial charge < -0.3 is 14.7 Å². The van der Waals surface area contributed by atoms with Crippen LogP contribution in [0.3, 0.4) is 0 Å². The van der Waals surface area contributed by atoms with Gasteiger partial charge in [0, 0.05) is 25.6 Å². The predicted molar refractivity (Wildman–Crippen MR) is 120 cm³/mol. The molecule has 3 aromatic rings. The molecule has 1 fully saturated rings. The van der Waals surface area contributed by atoms with E-state index in [4.69, 9.17) is 9.84 Å². The van der Waals surface area contributed by atoms with Gasteiger partial charge in [0.15, 0.2) is 0 Å². The topological polar surface area (TPSA) is 106 Å². The molecule has 1 aliphatic heterocycles. The molecule has 31 heavy (non-hydrogen) atoms. The number of allylic oxidation sites excluding steroid dienone is 1. The second-order valence-corrected chi connectivity index (χ2v) is 8.19. The number of thiazole rings is 1. The molecule has 4 rings (SSSR count). The molecule has 0 spiro atoms. The number of carboxylic acids is 1. The van der Waals surface area contributed by atoms with Crippen molar-refractivity contribution in [1.29, 1.82) is 0 Å². The second-order valence-electron chi connectivity index (χ2n) is 7.15. The highest BCUT2D eigenvalue weighted by molar-refractivity contribution is 7.19. The normalized spacial score (nSPS) is 14.7. The van der Waals surface area contributed by atoms with Gasteiger partial charge in [-0.05, 0) is 41.8 Å². The highest BCUT2D eigenvalue weighted by Gasteiger charge is 2.22. The summed E-state index contributed by atoms with van der Waals surface area (Å²) in [4.78, 5) is 29.1. The number of aliphatic carboxylic acids is 1. The van der Waals surface area contributed by atoms with Crippen molar-refractivity contribution in [3.63, 3.8) is 0 Å². The first-order valence-electron chi connectivity index (χ1n) is 9.91. The fraction of sp³-hybridized carbons (Fsp3) is 0.273. The van der Waals surface area contributed by atoms with Gasteiger partial charge in [0.1, 0.15) is 10.7 Å². The van der Waals surface area contributed by atoms with Gasteiger partial charge in [-0.3, -0.25) is 14.9 Å². The van der Waals surface area contributed by atoms with Crippen LogP contribution in [-0.2, 0) is 9.53 Å². The first-order chi connectivity index (χ1) is 15.0. The van der Waals surface area contributed by atoms with Crippen LogP contribution in [0.1, 0.15) is 23.4 Å². The molecule has 2 heterocycles. The number of morpholine rings is 1. The van der Waals surface area contributed by atoms with Crippen LogP contribution in [0.25, 0.3) is 21.9 Å². The van der Waals surface area contributed by atoms with Crippen molar-refractivity contribution in [3.8, 4) is 0 Å². The van der Waals surface area contributed by atoms with E-state index in [1.807, 2.05) is 35.2 Å². The van der Waals surface area contributed by atoms with Crippen molar-refractivity contribution in [1.82, 2.24) is 4.98 Å². The Morgan fingerprint density at radius 1 is 1.23 bits per heavy atom. The quantitative estimate of drug-likeness (QED) is 0.428. The Hall–Kier alpha value is -3.30. The van der Waals surface area contributed by atoms with Gasteiger partial charge in [-0.25, -0.2) is 4.98 Å². The molecule has 8 nitrogen and oxygen atoms in total. The number of anilines is 1. The number of carbonyl (C=O) groups is 1. The van der Waals surface area contributed by atoms with E-state index in [0.29, 0.717) is 37.6 Å². The molecule has 1 aromatic heterocycles. The van der Waals surface area contributed by atoms with Crippen LogP contribution in [0, 0.1) is 10.1 Å². The number of fused-ring (bicyclic) bond motifs is 1. The van der Waals surface area contributed by atoms with Crippen molar-refractivity contribution in [2.24, 2.45) is 0 Å². The minimum atomic E-state index is -0.902. The number of nitro groups is 1. The van der Waals surface area contributed by atoms with Crippen LogP contribution in [-0.4, -0.2) is 47.3 Å². The fourth-order valence-electron chi connectivity index (χ4n) is 3.54. The summed E-state index contributed by atoms with van der Waals surface area (Å²) in [5.74, 6) is -0.902. The van der Waals surface area contributed by atoms with Crippen molar-refractivity contribution >= 4 is 50.5 Å². The molecule has 0 aliphatic carbocycles. The van der Waals surface area contributed by atoms with E-state index in [0.717, 1.165) is 20.8 Å². The van der Waals surface area contributed by atoms with Gasteiger partial charge in [0.25, 0.3) is 5.69 Å². The third-order valence-electron chi connectivity index (χ3n) is 5.07. The van der Waals surface area contributed by atoms with Crippen molar-refractivity contribution in [3.05, 3.63) is 63.1 Å². The Morgan fingerprint density at radius 2 is 2.00 bits per heavy atom. The zero-order chi connectivity index (χ0) is 21.8. The molecule has 0 atom stereocenters. The molecule has 0 bridgehead atoms. The average molecular weight is 439 g/mol. The van der Waals surface area contributed by atoms with E-state index in [1.165, 1.54) is 11.3 Å². The Kier molecular flexibility index (Phi) is 6.24. The van der Waals surface area contributed by atoms with E-state index in [9.17, 15) is 14.9 Å². The first kappa shape index (κ1) is 21.0. The molecular weight excluding hydrogens is 418 g/mol. The van der Waals surface area contributed by atoms with Crippen molar-refractivity contribution in [2.75, 3.05) is 31.2 Å². The van der Waals surface area contributed by atoms with E-state index in [2.05, 4.69) is 4.98 Å². The summed E-state index contributed by atoms with van der Waals surface area (Å²) in [6.07, 6.45) is 2.04. The summed E-state index contributed by atoms with van der Waals surface area (Å²) < 4.78 is 6.35. The maximum atomic E-state index is 11.7. The number of carboxylic acid groups (broad SMARTS) is 1. The third-order valence-corrected chi connectivity index (χ3v) is 6.18. The predicted octanol–water partition coefficient (Wildman–Crippen LogP) is 4.45. The zero-order valence-corrected chi connectivity index (χ0v) is 17.5. The number of nitro benzene ring substituents is 1. The molecular formula is C22H21N3O5S. The van der Waals surface area contributed by atoms with Crippen LogP contribution >= 0.6 is 11.3 Å².